The highest BCUT2D eigenvalue weighted by Gasteiger charge is 2.20. The lowest BCUT2D eigenvalue weighted by Gasteiger charge is -2.19. The van der Waals surface area contributed by atoms with Gasteiger partial charge in [-0.25, -0.2) is 19.3 Å². The molecule has 0 unspecified atom stereocenters. The number of nitrogens with zero attached hydrogens (tertiary/aromatic N) is 5. The lowest BCUT2D eigenvalue weighted by atomic mass is 9.97. The Hall–Kier alpha value is -3.59. The normalized spacial score (nSPS) is 11.1. The number of pyridine rings is 1. The van der Waals surface area contributed by atoms with Gasteiger partial charge in [-0.1, -0.05) is 0 Å². The van der Waals surface area contributed by atoms with Gasteiger partial charge in [-0.05, 0) is 64.3 Å². The minimum Gasteiger partial charge on any atom is -0.384 e. The maximum atomic E-state index is 14.6. The second kappa shape index (κ2) is 9.69. The molecule has 4 N–H and O–H groups in total. The van der Waals surface area contributed by atoms with E-state index in [2.05, 4.69) is 15.0 Å². The number of hydrogen-bond donors (Lipinski definition) is 2. The third-order valence-electron chi connectivity index (χ3n) is 5.10. The summed E-state index contributed by atoms with van der Waals surface area (Å²) in [7, 11) is 5.60. The third kappa shape index (κ3) is 5.17. The fourth-order valence-electron chi connectivity index (χ4n) is 3.47. The molecule has 2 heterocycles. The predicted octanol–water partition coefficient (Wildman–Crippen LogP) is 2.84. The van der Waals surface area contributed by atoms with Gasteiger partial charge in [-0.15, -0.1) is 0 Å². The van der Waals surface area contributed by atoms with Crippen LogP contribution in [0.3, 0.4) is 0 Å². The van der Waals surface area contributed by atoms with Crippen LogP contribution >= 0.6 is 0 Å². The number of hydrogen-bond acceptors (Lipinski definition) is 7. The van der Waals surface area contributed by atoms with Crippen molar-refractivity contribution in [1.82, 2.24) is 24.8 Å². The number of aromatic nitrogens is 3. The summed E-state index contributed by atoms with van der Waals surface area (Å²) in [4.78, 5) is 29.3. The summed E-state index contributed by atoms with van der Waals surface area (Å²) in [6.07, 6.45) is 2.40. The van der Waals surface area contributed by atoms with E-state index in [-0.39, 0.29) is 11.5 Å². The molecule has 32 heavy (non-hydrogen) atoms. The molecule has 168 valence electrons. The number of benzene rings is 1. The molecule has 0 fully saturated rings. The zero-order chi connectivity index (χ0) is 23.4. The molecule has 2 aromatic heterocycles. The van der Waals surface area contributed by atoms with Gasteiger partial charge in [0.25, 0.3) is 5.91 Å². The third-order valence-corrected chi connectivity index (χ3v) is 5.10. The Morgan fingerprint density at radius 3 is 2.41 bits per heavy atom. The molecule has 3 rings (SSSR count). The van der Waals surface area contributed by atoms with Crippen molar-refractivity contribution in [3.05, 3.63) is 53.6 Å². The number of halogens is 1. The molecule has 0 atom stereocenters. The van der Waals surface area contributed by atoms with Crippen LogP contribution in [0, 0.1) is 12.7 Å². The zero-order valence-electron chi connectivity index (χ0n) is 18.8. The largest absolute Gasteiger partial charge is 0.384 e. The van der Waals surface area contributed by atoms with Crippen LogP contribution < -0.4 is 11.5 Å². The van der Waals surface area contributed by atoms with Crippen LogP contribution in [0.2, 0.25) is 0 Å². The van der Waals surface area contributed by atoms with Crippen molar-refractivity contribution in [2.45, 2.75) is 13.3 Å². The summed E-state index contributed by atoms with van der Waals surface area (Å²) in [6, 6.07) is 7.84. The van der Waals surface area contributed by atoms with E-state index in [0.29, 0.717) is 34.9 Å². The van der Waals surface area contributed by atoms with E-state index in [4.69, 9.17) is 11.5 Å². The van der Waals surface area contributed by atoms with Crippen LogP contribution in [-0.2, 0) is 0 Å². The number of carbonyl (C=O) groups excluding carboxylic acids is 1. The second-order valence-corrected chi connectivity index (χ2v) is 7.94. The highest BCUT2D eigenvalue weighted by molar-refractivity contribution is 5.96. The van der Waals surface area contributed by atoms with E-state index >= 15 is 0 Å². The number of nitrogen functional groups attached to an aromatic ring is 2. The lowest BCUT2D eigenvalue weighted by Crippen LogP contribution is -2.30. The van der Waals surface area contributed by atoms with E-state index in [0.717, 1.165) is 18.5 Å². The molecule has 0 radical (unpaired) electrons. The standard InChI is InChI=1S/C23H28FN7O/c1-14-20(16-7-9-19(25)27-13-16)21(29-23(26)28-14)15-6-8-18(24)17(12-15)22(32)31(4)11-5-10-30(2)3/h6-9,12-13H,5,10-11H2,1-4H3,(H2,25,27)(H2,26,28,29). The van der Waals surface area contributed by atoms with Crippen molar-refractivity contribution in [2.75, 3.05) is 45.7 Å². The van der Waals surface area contributed by atoms with Gasteiger partial charge < -0.3 is 21.3 Å². The Balaban J connectivity index is 2.02. The maximum Gasteiger partial charge on any atom is 0.256 e. The number of nitrogens with two attached hydrogens (primary N) is 2. The molecular formula is C23H28FN7O. The van der Waals surface area contributed by atoms with Gasteiger partial charge in [-0.3, -0.25) is 4.79 Å². The molecule has 0 saturated heterocycles. The molecule has 0 aliphatic carbocycles. The quantitative estimate of drug-likeness (QED) is 0.584. The van der Waals surface area contributed by atoms with Gasteiger partial charge in [0.05, 0.1) is 17.0 Å². The molecule has 1 amide bonds. The Morgan fingerprint density at radius 2 is 1.75 bits per heavy atom. The molecule has 3 aromatic rings. The molecular weight excluding hydrogens is 409 g/mol. The monoisotopic (exact) mass is 437 g/mol. The van der Waals surface area contributed by atoms with E-state index in [1.165, 1.54) is 17.0 Å². The minimum absolute atomic E-state index is 0.0222. The second-order valence-electron chi connectivity index (χ2n) is 7.94. The summed E-state index contributed by atoms with van der Waals surface area (Å²) >= 11 is 0. The highest BCUT2D eigenvalue weighted by atomic mass is 19.1. The van der Waals surface area contributed by atoms with Gasteiger partial charge in [0.2, 0.25) is 5.95 Å². The molecule has 0 spiro atoms. The van der Waals surface area contributed by atoms with Crippen LogP contribution in [0.5, 0.6) is 0 Å². The molecule has 1 aromatic carbocycles. The van der Waals surface area contributed by atoms with Gasteiger partial charge in [0.15, 0.2) is 0 Å². The SMILES string of the molecule is Cc1nc(N)nc(-c2ccc(F)c(C(=O)N(C)CCCN(C)C)c2)c1-c1ccc(N)nc1. The number of rotatable bonds is 7. The number of amides is 1. The highest BCUT2D eigenvalue weighted by Crippen LogP contribution is 2.34. The van der Waals surface area contributed by atoms with Gasteiger partial charge >= 0.3 is 0 Å². The van der Waals surface area contributed by atoms with Crippen molar-refractivity contribution in [2.24, 2.45) is 0 Å². The number of carbonyl (C=O) groups is 1. The van der Waals surface area contributed by atoms with Crippen LogP contribution in [0.1, 0.15) is 22.5 Å². The first-order chi connectivity index (χ1) is 15.2. The first kappa shape index (κ1) is 23.1. The average Bonchev–Trinajstić information content (AvgIpc) is 2.73. The van der Waals surface area contributed by atoms with E-state index in [1.807, 2.05) is 25.1 Å². The summed E-state index contributed by atoms with van der Waals surface area (Å²) in [5, 5.41) is 0. The molecule has 8 nitrogen and oxygen atoms in total. The van der Waals surface area contributed by atoms with Crippen molar-refractivity contribution < 1.29 is 9.18 Å². The van der Waals surface area contributed by atoms with Crippen molar-refractivity contribution >= 4 is 17.7 Å². The molecule has 9 heteroatoms. The summed E-state index contributed by atoms with van der Waals surface area (Å²) in [5.74, 6) is -0.510. The molecule has 0 aliphatic rings. The fraction of sp³-hybridized carbons (Fsp3) is 0.304. The Kier molecular flexibility index (Phi) is 6.99. The van der Waals surface area contributed by atoms with Crippen LogP contribution in [-0.4, -0.2) is 64.9 Å². The van der Waals surface area contributed by atoms with E-state index in [9.17, 15) is 9.18 Å². The van der Waals surface area contributed by atoms with E-state index in [1.54, 1.807) is 32.3 Å². The average molecular weight is 438 g/mol. The lowest BCUT2D eigenvalue weighted by molar-refractivity contribution is 0.0786. The van der Waals surface area contributed by atoms with Gasteiger partial charge in [0.1, 0.15) is 11.6 Å². The van der Waals surface area contributed by atoms with Crippen LogP contribution in [0.25, 0.3) is 22.4 Å². The Labute approximate surface area is 187 Å². The van der Waals surface area contributed by atoms with Crippen molar-refractivity contribution in [3.63, 3.8) is 0 Å². The smallest absolute Gasteiger partial charge is 0.256 e. The molecule has 0 saturated carbocycles. The number of aryl methyl sites for hydroxylation is 1. The van der Waals surface area contributed by atoms with Crippen molar-refractivity contribution in [1.29, 1.82) is 0 Å². The summed E-state index contributed by atoms with van der Waals surface area (Å²) in [6.45, 7) is 3.16. The molecule has 0 aliphatic heterocycles. The fourth-order valence-corrected chi connectivity index (χ4v) is 3.47. The van der Waals surface area contributed by atoms with Crippen molar-refractivity contribution in [3.8, 4) is 22.4 Å². The van der Waals surface area contributed by atoms with E-state index < -0.39 is 11.7 Å². The first-order valence-corrected chi connectivity index (χ1v) is 10.2. The topological polar surface area (TPSA) is 114 Å². The zero-order valence-corrected chi connectivity index (χ0v) is 18.8. The predicted molar refractivity (Wildman–Crippen MR) is 124 cm³/mol. The minimum atomic E-state index is -0.590. The summed E-state index contributed by atoms with van der Waals surface area (Å²) in [5.41, 5.74) is 14.7. The number of anilines is 2. The van der Waals surface area contributed by atoms with Gasteiger partial charge in [-0.2, -0.15) is 0 Å². The van der Waals surface area contributed by atoms with Gasteiger partial charge in [0, 0.05) is 36.5 Å². The van der Waals surface area contributed by atoms with Crippen LogP contribution in [0.4, 0.5) is 16.2 Å². The molecule has 0 bridgehead atoms. The first-order valence-electron chi connectivity index (χ1n) is 10.2. The Morgan fingerprint density at radius 1 is 1.03 bits per heavy atom. The van der Waals surface area contributed by atoms with Crippen LogP contribution in [0.15, 0.2) is 36.5 Å². The Bertz CT molecular complexity index is 1120. The maximum absolute atomic E-state index is 14.6. The summed E-state index contributed by atoms with van der Waals surface area (Å²) < 4.78 is 14.6.